The molecule has 3 aromatic rings. The summed E-state index contributed by atoms with van der Waals surface area (Å²) < 4.78 is 2.61. The van der Waals surface area contributed by atoms with Crippen molar-refractivity contribution in [3.8, 4) is 11.8 Å². The van der Waals surface area contributed by atoms with Gasteiger partial charge in [-0.25, -0.2) is 0 Å². The van der Waals surface area contributed by atoms with Gasteiger partial charge in [0.25, 0.3) is 5.91 Å². The molecule has 3 heterocycles. The van der Waals surface area contributed by atoms with E-state index >= 15 is 0 Å². The first-order valence-corrected chi connectivity index (χ1v) is 11.1. The van der Waals surface area contributed by atoms with Crippen LogP contribution < -0.4 is 26.0 Å². The summed E-state index contributed by atoms with van der Waals surface area (Å²) >= 11 is 0. The van der Waals surface area contributed by atoms with E-state index in [1.54, 1.807) is 20.0 Å². The lowest BCUT2D eigenvalue weighted by Crippen LogP contribution is -2.44. The number of hydrogen-bond donors (Lipinski definition) is 3. The first kappa shape index (κ1) is 22.4. The second-order valence-corrected chi connectivity index (χ2v) is 8.12. The van der Waals surface area contributed by atoms with Crippen LogP contribution in [-0.2, 0) is 13.1 Å². The number of pyridine rings is 1. The molecular weight excluding hydrogens is 418 g/mol. The third-order valence-electron chi connectivity index (χ3n) is 5.84. The molecule has 4 rings (SSSR count). The number of amides is 1. The van der Waals surface area contributed by atoms with Crippen molar-refractivity contribution in [3.05, 3.63) is 53.1 Å². The average Bonchev–Trinajstić information content (AvgIpc) is 3.19. The zero-order valence-electron chi connectivity index (χ0n) is 19.0. The fraction of sp³-hybridized carbons (Fsp3) is 0.375. The van der Waals surface area contributed by atoms with E-state index in [-0.39, 0.29) is 18.5 Å². The van der Waals surface area contributed by atoms with Gasteiger partial charge in [0, 0.05) is 37.6 Å². The molecule has 9 nitrogen and oxygen atoms in total. The van der Waals surface area contributed by atoms with Crippen molar-refractivity contribution in [3.63, 3.8) is 0 Å². The molecule has 9 heteroatoms. The molecule has 1 saturated heterocycles. The summed E-state index contributed by atoms with van der Waals surface area (Å²) in [5.74, 6) is 6.75. The molecule has 4 N–H and O–H groups in total. The summed E-state index contributed by atoms with van der Waals surface area (Å²) in [7, 11) is 1.73. The van der Waals surface area contributed by atoms with Crippen LogP contribution in [0.15, 0.2) is 36.5 Å². The molecule has 1 aliphatic heterocycles. The minimum absolute atomic E-state index is 0.0666. The van der Waals surface area contributed by atoms with E-state index in [1.807, 2.05) is 28.8 Å². The minimum Gasteiger partial charge on any atom is -0.618 e. The lowest BCUT2D eigenvalue weighted by atomic mass is 10.1. The molecule has 1 fully saturated rings. The van der Waals surface area contributed by atoms with Crippen LogP contribution in [-0.4, -0.2) is 41.6 Å². The molecule has 0 radical (unpaired) electrons. The number of benzene rings is 1. The zero-order valence-corrected chi connectivity index (χ0v) is 19.0. The van der Waals surface area contributed by atoms with E-state index < -0.39 is 0 Å². The van der Waals surface area contributed by atoms with Crippen LogP contribution in [0, 0.1) is 17.0 Å². The van der Waals surface area contributed by atoms with Crippen LogP contribution in [0.5, 0.6) is 0 Å². The van der Waals surface area contributed by atoms with Gasteiger partial charge >= 0.3 is 0 Å². The molecule has 0 spiro atoms. The summed E-state index contributed by atoms with van der Waals surface area (Å²) in [6.07, 6.45) is 3.46. The maximum absolute atomic E-state index is 13.3. The van der Waals surface area contributed by atoms with Crippen molar-refractivity contribution in [2.75, 3.05) is 30.4 Å². The lowest BCUT2D eigenvalue weighted by Gasteiger charge is -2.31. The van der Waals surface area contributed by atoms with Gasteiger partial charge in [0.1, 0.15) is 6.54 Å². The quantitative estimate of drug-likeness (QED) is 0.300. The van der Waals surface area contributed by atoms with Crippen molar-refractivity contribution in [1.82, 2.24) is 14.9 Å². The Morgan fingerprint density at radius 1 is 1.36 bits per heavy atom. The Kier molecular flexibility index (Phi) is 6.66. The zero-order chi connectivity index (χ0) is 23.4. The van der Waals surface area contributed by atoms with Gasteiger partial charge < -0.3 is 26.5 Å². The minimum atomic E-state index is -0.328. The molecule has 172 valence electrons. The van der Waals surface area contributed by atoms with E-state index in [2.05, 4.69) is 27.4 Å². The van der Waals surface area contributed by atoms with Gasteiger partial charge in [-0.15, -0.1) is 5.92 Å². The SMILES string of the molecule is CC#CCn1c(N2CCC[C@@H](N)C2)nc(NC)c1C(=O)NCc1cc2ccccc2c[n+]1[O-]. The number of rotatable bonds is 6. The Labute approximate surface area is 193 Å². The molecule has 0 bridgehead atoms. The summed E-state index contributed by atoms with van der Waals surface area (Å²) in [6, 6.07) is 9.48. The third-order valence-corrected chi connectivity index (χ3v) is 5.84. The van der Waals surface area contributed by atoms with Crippen molar-refractivity contribution >= 4 is 28.4 Å². The molecule has 1 amide bonds. The van der Waals surface area contributed by atoms with Gasteiger partial charge in [-0.05, 0) is 31.2 Å². The van der Waals surface area contributed by atoms with E-state index in [0.29, 0.717) is 36.2 Å². The number of carbonyl (C=O) groups is 1. The highest BCUT2D eigenvalue weighted by molar-refractivity contribution is 5.98. The number of nitrogens with one attached hydrogen (secondary N) is 2. The van der Waals surface area contributed by atoms with Crippen LogP contribution in [0.2, 0.25) is 0 Å². The predicted octanol–water partition coefficient (Wildman–Crippen LogP) is 1.59. The number of nitrogens with two attached hydrogens (primary N) is 1. The standard InChI is InChI=1S/C24H29N7O2/c1-3-4-12-30-21(22(26-2)28-24(30)29-11-7-10-19(25)16-29)23(32)27-14-20-13-17-8-5-6-9-18(17)15-31(20)33/h5-6,8-9,13,15,19,26H,7,10-12,14,16,25H2,1-2H3,(H,27,32)/t19-/m1/s1. The Hall–Kier alpha value is -3.77. The van der Waals surface area contributed by atoms with Crippen molar-refractivity contribution in [1.29, 1.82) is 0 Å². The largest absolute Gasteiger partial charge is 0.618 e. The summed E-state index contributed by atoms with van der Waals surface area (Å²) in [5.41, 5.74) is 7.02. The Balaban J connectivity index is 1.63. The number of aromatic nitrogens is 3. The van der Waals surface area contributed by atoms with Crippen molar-refractivity contribution in [2.24, 2.45) is 5.73 Å². The second kappa shape index (κ2) is 9.79. The highest BCUT2D eigenvalue weighted by Crippen LogP contribution is 2.26. The Bertz CT molecular complexity index is 1220. The maximum atomic E-state index is 13.3. The van der Waals surface area contributed by atoms with E-state index in [4.69, 9.17) is 10.7 Å². The Morgan fingerprint density at radius 2 is 2.15 bits per heavy atom. The van der Waals surface area contributed by atoms with Gasteiger partial charge in [-0.2, -0.15) is 9.71 Å². The van der Waals surface area contributed by atoms with Crippen molar-refractivity contribution < 1.29 is 9.52 Å². The number of hydrogen-bond acceptors (Lipinski definition) is 6. The van der Waals surface area contributed by atoms with E-state index in [0.717, 1.165) is 34.9 Å². The summed E-state index contributed by atoms with van der Waals surface area (Å²) in [6.45, 7) is 3.67. The first-order valence-electron chi connectivity index (χ1n) is 11.1. The normalized spacial score (nSPS) is 15.7. The van der Waals surface area contributed by atoms with Gasteiger partial charge in [-0.1, -0.05) is 24.1 Å². The first-order chi connectivity index (χ1) is 16.0. The number of nitrogens with zero attached hydrogens (tertiary/aromatic N) is 4. The summed E-state index contributed by atoms with van der Waals surface area (Å²) in [4.78, 5) is 20.1. The van der Waals surface area contributed by atoms with Gasteiger partial charge in [-0.3, -0.25) is 9.36 Å². The van der Waals surface area contributed by atoms with Crippen molar-refractivity contribution in [2.45, 2.75) is 38.9 Å². The highest BCUT2D eigenvalue weighted by atomic mass is 16.5. The molecule has 2 aromatic heterocycles. The number of carbonyl (C=O) groups excluding carboxylic acids is 1. The van der Waals surface area contributed by atoms with Gasteiger partial charge in [0.05, 0.1) is 6.54 Å². The number of anilines is 2. The molecule has 0 saturated carbocycles. The van der Waals surface area contributed by atoms with Gasteiger partial charge in [0.15, 0.2) is 17.7 Å². The number of fused-ring (bicyclic) bond motifs is 1. The van der Waals surface area contributed by atoms with E-state index in [1.165, 1.54) is 6.20 Å². The molecule has 1 aromatic carbocycles. The lowest BCUT2D eigenvalue weighted by molar-refractivity contribution is -0.612. The fourth-order valence-electron chi connectivity index (χ4n) is 4.18. The van der Waals surface area contributed by atoms with E-state index in [9.17, 15) is 10.0 Å². The molecule has 0 unspecified atom stereocenters. The van der Waals surface area contributed by atoms with Crippen LogP contribution >= 0.6 is 0 Å². The molecule has 33 heavy (non-hydrogen) atoms. The number of piperidine rings is 1. The van der Waals surface area contributed by atoms with Crippen LogP contribution in [0.1, 0.15) is 35.9 Å². The molecule has 0 aliphatic carbocycles. The smallest absolute Gasteiger partial charge is 0.272 e. The predicted molar refractivity (Wildman–Crippen MR) is 129 cm³/mol. The molecule has 1 atom stereocenters. The fourth-order valence-corrected chi connectivity index (χ4v) is 4.18. The maximum Gasteiger partial charge on any atom is 0.272 e. The van der Waals surface area contributed by atoms with Crippen LogP contribution in [0.25, 0.3) is 10.8 Å². The monoisotopic (exact) mass is 447 g/mol. The average molecular weight is 448 g/mol. The second-order valence-electron chi connectivity index (χ2n) is 8.12. The third kappa shape index (κ3) is 4.71. The highest BCUT2D eigenvalue weighted by Gasteiger charge is 2.28. The van der Waals surface area contributed by atoms with Crippen LogP contribution in [0.4, 0.5) is 11.8 Å². The topological polar surface area (TPSA) is 115 Å². The molecular formula is C24H29N7O2. The number of imidazole rings is 1. The van der Waals surface area contributed by atoms with Crippen LogP contribution in [0.3, 0.4) is 0 Å². The van der Waals surface area contributed by atoms with Gasteiger partial charge in [0.2, 0.25) is 11.6 Å². The Morgan fingerprint density at radius 3 is 2.88 bits per heavy atom. The molecule has 1 aliphatic rings. The summed E-state index contributed by atoms with van der Waals surface area (Å²) in [5, 5.41) is 20.2.